The second kappa shape index (κ2) is 5.55. The van der Waals surface area contributed by atoms with E-state index in [1.807, 2.05) is 11.3 Å². The summed E-state index contributed by atoms with van der Waals surface area (Å²) in [6, 6.07) is 7.31. The summed E-state index contributed by atoms with van der Waals surface area (Å²) in [6.45, 7) is 8.30. The van der Waals surface area contributed by atoms with Crippen LogP contribution in [-0.4, -0.2) is 29.6 Å². The summed E-state index contributed by atoms with van der Waals surface area (Å²) in [6.07, 6.45) is 4.16. The van der Waals surface area contributed by atoms with E-state index in [1.54, 1.807) is 0 Å². The Morgan fingerprint density at radius 2 is 2.16 bits per heavy atom. The van der Waals surface area contributed by atoms with Gasteiger partial charge in [0.15, 0.2) is 0 Å². The van der Waals surface area contributed by atoms with E-state index in [2.05, 4.69) is 48.5 Å². The minimum atomic E-state index is 0.524. The molecule has 0 radical (unpaired) electrons. The van der Waals surface area contributed by atoms with Crippen LogP contribution in [0.2, 0.25) is 0 Å². The molecule has 0 bridgehead atoms. The van der Waals surface area contributed by atoms with Crippen LogP contribution in [0, 0.1) is 5.92 Å². The lowest BCUT2D eigenvalue weighted by molar-refractivity contribution is 0.252. The molecular weight excluding hydrogens is 252 g/mol. The molecule has 3 unspecified atom stereocenters. The minimum absolute atomic E-state index is 0.524. The summed E-state index contributed by atoms with van der Waals surface area (Å²) in [5, 5.41) is 6.12. The lowest BCUT2D eigenvalue weighted by Crippen LogP contribution is -2.37. The molecule has 2 fully saturated rings. The molecule has 1 aliphatic carbocycles. The molecule has 0 amide bonds. The normalized spacial score (nSPS) is 30.1. The Bertz CT molecular complexity index is 397. The van der Waals surface area contributed by atoms with Gasteiger partial charge in [0.2, 0.25) is 0 Å². The van der Waals surface area contributed by atoms with Gasteiger partial charge in [-0.15, -0.1) is 11.3 Å². The number of hydrogen-bond acceptors (Lipinski definition) is 3. The van der Waals surface area contributed by atoms with E-state index in [9.17, 15) is 0 Å². The zero-order valence-corrected chi connectivity index (χ0v) is 13.1. The molecule has 19 heavy (non-hydrogen) atoms. The molecule has 3 rings (SSSR count). The van der Waals surface area contributed by atoms with Gasteiger partial charge in [0.05, 0.1) is 0 Å². The number of thiophene rings is 1. The number of nitrogens with one attached hydrogen (secondary N) is 1. The van der Waals surface area contributed by atoms with Crippen LogP contribution in [0.3, 0.4) is 0 Å². The quantitative estimate of drug-likeness (QED) is 0.884. The summed E-state index contributed by atoms with van der Waals surface area (Å²) in [5.41, 5.74) is 0. The summed E-state index contributed by atoms with van der Waals surface area (Å²) in [4.78, 5) is 4.22. The van der Waals surface area contributed by atoms with Gasteiger partial charge in [0.1, 0.15) is 0 Å². The molecule has 1 N–H and O–H groups in total. The Balaban J connectivity index is 1.63. The SMILES string of the molecule is CC(C)C(NC1CC(C)N(C2CC2)C1)c1cccs1. The van der Waals surface area contributed by atoms with Gasteiger partial charge in [-0.3, -0.25) is 4.90 Å². The average Bonchev–Trinajstić information content (AvgIpc) is 2.93. The van der Waals surface area contributed by atoms with Crippen LogP contribution >= 0.6 is 11.3 Å². The first-order valence-electron chi connectivity index (χ1n) is 7.70. The number of rotatable bonds is 5. The second-order valence-electron chi connectivity index (χ2n) is 6.61. The van der Waals surface area contributed by atoms with Crippen molar-refractivity contribution in [3.8, 4) is 0 Å². The van der Waals surface area contributed by atoms with E-state index in [1.165, 1.54) is 30.7 Å². The monoisotopic (exact) mass is 278 g/mol. The van der Waals surface area contributed by atoms with Gasteiger partial charge >= 0.3 is 0 Å². The lowest BCUT2D eigenvalue weighted by Gasteiger charge is -2.25. The van der Waals surface area contributed by atoms with Gasteiger partial charge in [-0.2, -0.15) is 0 Å². The van der Waals surface area contributed by atoms with Gasteiger partial charge < -0.3 is 5.32 Å². The van der Waals surface area contributed by atoms with Gasteiger partial charge in [-0.05, 0) is 43.6 Å². The molecular formula is C16H26N2S. The summed E-state index contributed by atoms with van der Waals surface area (Å²) < 4.78 is 0. The Morgan fingerprint density at radius 1 is 1.37 bits per heavy atom. The maximum Gasteiger partial charge on any atom is 0.0440 e. The Labute approximate surface area is 121 Å². The third-order valence-corrected chi connectivity index (χ3v) is 5.53. The predicted molar refractivity (Wildman–Crippen MR) is 82.6 cm³/mol. The largest absolute Gasteiger partial charge is 0.305 e. The van der Waals surface area contributed by atoms with E-state index in [0.717, 1.165) is 12.1 Å². The van der Waals surface area contributed by atoms with Gasteiger partial charge in [-0.1, -0.05) is 19.9 Å². The van der Waals surface area contributed by atoms with Crippen LogP contribution in [0.15, 0.2) is 17.5 Å². The third kappa shape index (κ3) is 3.04. The molecule has 0 spiro atoms. The standard InChI is InChI=1S/C16H26N2S/c1-11(2)16(15-5-4-8-19-15)17-13-9-12(3)18(10-13)14-6-7-14/h4-5,8,11-14,16-17H,6-7,9-10H2,1-3H3. The van der Waals surface area contributed by atoms with E-state index in [4.69, 9.17) is 0 Å². The molecule has 2 nitrogen and oxygen atoms in total. The van der Waals surface area contributed by atoms with Gasteiger partial charge in [-0.25, -0.2) is 0 Å². The molecule has 106 valence electrons. The van der Waals surface area contributed by atoms with Crippen molar-refractivity contribution in [3.63, 3.8) is 0 Å². The van der Waals surface area contributed by atoms with Crippen molar-refractivity contribution >= 4 is 11.3 Å². The van der Waals surface area contributed by atoms with E-state index in [-0.39, 0.29) is 0 Å². The van der Waals surface area contributed by atoms with E-state index in [0.29, 0.717) is 18.0 Å². The third-order valence-electron chi connectivity index (χ3n) is 4.57. The van der Waals surface area contributed by atoms with Gasteiger partial charge in [0, 0.05) is 35.6 Å². The van der Waals surface area contributed by atoms with Crippen LogP contribution in [0.4, 0.5) is 0 Å². The fraction of sp³-hybridized carbons (Fsp3) is 0.750. The van der Waals surface area contributed by atoms with Crippen LogP contribution < -0.4 is 5.32 Å². The molecule has 0 aromatic carbocycles. The summed E-state index contributed by atoms with van der Waals surface area (Å²) in [5.74, 6) is 0.656. The first kappa shape index (κ1) is 13.6. The first-order valence-corrected chi connectivity index (χ1v) is 8.58. The zero-order valence-electron chi connectivity index (χ0n) is 12.3. The molecule has 3 heteroatoms. The van der Waals surface area contributed by atoms with Crippen molar-refractivity contribution < 1.29 is 0 Å². The second-order valence-corrected chi connectivity index (χ2v) is 7.59. The topological polar surface area (TPSA) is 15.3 Å². The molecule has 1 saturated carbocycles. The van der Waals surface area contributed by atoms with Crippen LogP contribution in [0.1, 0.15) is 51.0 Å². The Hall–Kier alpha value is -0.380. The molecule has 3 atom stereocenters. The maximum atomic E-state index is 3.93. The molecule has 2 aliphatic rings. The Kier molecular flexibility index (Phi) is 3.97. The predicted octanol–water partition coefficient (Wildman–Crippen LogP) is 3.66. The minimum Gasteiger partial charge on any atom is -0.305 e. The fourth-order valence-electron chi connectivity index (χ4n) is 3.42. The van der Waals surface area contributed by atoms with Crippen molar-refractivity contribution in [3.05, 3.63) is 22.4 Å². The van der Waals surface area contributed by atoms with Crippen molar-refractivity contribution in [1.82, 2.24) is 10.2 Å². The zero-order chi connectivity index (χ0) is 13.4. The lowest BCUT2D eigenvalue weighted by atomic mass is 10.0. The number of likely N-dealkylation sites (tertiary alicyclic amines) is 1. The van der Waals surface area contributed by atoms with Crippen LogP contribution in [0.25, 0.3) is 0 Å². The van der Waals surface area contributed by atoms with Crippen molar-refractivity contribution in [1.29, 1.82) is 0 Å². The highest BCUT2D eigenvalue weighted by atomic mass is 32.1. The fourth-order valence-corrected chi connectivity index (χ4v) is 4.38. The smallest absolute Gasteiger partial charge is 0.0440 e. The van der Waals surface area contributed by atoms with E-state index < -0.39 is 0 Å². The molecule has 2 heterocycles. The average molecular weight is 278 g/mol. The molecule has 1 saturated heterocycles. The summed E-state index contributed by atoms with van der Waals surface area (Å²) >= 11 is 1.89. The number of hydrogen-bond donors (Lipinski definition) is 1. The molecule has 1 aliphatic heterocycles. The van der Waals surface area contributed by atoms with Crippen LogP contribution in [-0.2, 0) is 0 Å². The van der Waals surface area contributed by atoms with Crippen molar-refractivity contribution in [2.45, 2.75) is 64.2 Å². The first-order chi connectivity index (χ1) is 9.15. The van der Waals surface area contributed by atoms with Crippen molar-refractivity contribution in [2.24, 2.45) is 5.92 Å². The van der Waals surface area contributed by atoms with Crippen LogP contribution in [0.5, 0.6) is 0 Å². The highest BCUT2D eigenvalue weighted by Gasteiger charge is 2.39. The van der Waals surface area contributed by atoms with Crippen molar-refractivity contribution in [2.75, 3.05) is 6.54 Å². The highest BCUT2D eigenvalue weighted by molar-refractivity contribution is 7.10. The van der Waals surface area contributed by atoms with E-state index >= 15 is 0 Å². The number of nitrogens with zero attached hydrogens (tertiary/aromatic N) is 1. The summed E-state index contributed by atoms with van der Waals surface area (Å²) in [7, 11) is 0. The Morgan fingerprint density at radius 3 is 2.74 bits per heavy atom. The maximum absolute atomic E-state index is 3.93. The van der Waals surface area contributed by atoms with Gasteiger partial charge in [0.25, 0.3) is 0 Å². The molecule has 1 aromatic rings. The molecule has 1 aromatic heterocycles. The highest BCUT2D eigenvalue weighted by Crippen LogP contribution is 2.35.